The van der Waals surface area contributed by atoms with Gasteiger partial charge in [-0.1, -0.05) is 44.2 Å². The van der Waals surface area contributed by atoms with E-state index in [9.17, 15) is 14.4 Å². The Morgan fingerprint density at radius 3 is 2.49 bits per heavy atom. The Labute approximate surface area is 202 Å². The van der Waals surface area contributed by atoms with E-state index in [1.165, 1.54) is 4.68 Å². The number of fused-ring (bicyclic) bond motifs is 2. The second-order valence-electron chi connectivity index (χ2n) is 8.55. The molecule has 0 unspecified atom stereocenters. The summed E-state index contributed by atoms with van der Waals surface area (Å²) in [6, 6.07) is 14.1. The minimum atomic E-state index is -0.619. The van der Waals surface area contributed by atoms with Crippen LogP contribution in [0, 0.1) is 5.92 Å². The van der Waals surface area contributed by atoms with Crippen LogP contribution < -0.4 is 16.2 Å². The van der Waals surface area contributed by atoms with Crippen molar-refractivity contribution >= 4 is 39.9 Å². The Bertz CT molecular complexity index is 1440. The molecule has 1 aromatic heterocycles. The molecule has 1 aliphatic rings. The van der Waals surface area contributed by atoms with Crippen molar-refractivity contribution in [2.45, 2.75) is 34.2 Å². The van der Waals surface area contributed by atoms with E-state index < -0.39 is 11.9 Å². The lowest BCUT2D eigenvalue weighted by Gasteiger charge is -2.15. The van der Waals surface area contributed by atoms with Crippen molar-refractivity contribution in [1.82, 2.24) is 15.1 Å². The van der Waals surface area contributed by atoms with Crippen LogP contribution in [0.4, 0.5) is 11.4 Å². The number of aliphatic imine (C=N–C) groups is 1. The molecule has 0 spiro atoms. The van der Waals surface area contributed by atoms with Crippen molar-refractivity contribution in [3.05, 3.63) is 75.8 Å². The predicted molar refractivity (Wildman–Crippen MR) is 135 cm³/mol. The fourth-order valence-electron chi connectivity index (χ4n) is 3.88. The number of amides is 1. The number of rotatable bonds is 5. The second-order valence-corrected chi connectivity index (χ2v) is 8.55. The molecule has 180 valence electrons. The Morgan fingerprint density at radius 2 is 1.77 bits per heavy atom. The number of nitrogens with zero attached hydrogens (tertiary/aromatic N) is 3. The molecule has 3 aromatic rings. The third kappa shape index (κ3) is 4.84. The molecular formula is C26H27N5O4. The molecule has 9 heteroatoms. The average Bonchev–Trinajstić information content (AvgIpc) is 2.95. The summed E-state index contributed by atoms with van der Waals surface area (Å²) < 4.78 is 6.55. The summed E-state index contributed by atoms with van der Waals surface area (Å²) in [7, 11) is 0. The normalized spacial score (nSPS) is 13.1. The number of benzene rings is 2. The van der Waals surface area contributed by atoms with Crippen LogP contribution >= 0.6 is 0 Å². The highest BCUT2D eigenvalue weighted by molar-refractivity contribution is 6.26. The minimum Gasteiger partial charge on any atom is -0.462 e. The average molecular weight is 474 g/mol. The van der Waals surface area contributed by atoms with Gasteiger partial charge in [0, 0.05) is 17.6 Å². The standard InChI is InChI=1S/C26H27N5O4/c1-5-35-26(34)21-16(4)27-19-12-8-9-13-20(19)28-23(21)29-24(32)22-17-10-6-7-11-18(17)25(33)31(30-22)14-15(2)3/h6-13,15,27H,5,14H2,1-4H3,(H,28,29,32). The molecule has 0 bridgehead atoms. The van der Waals surface area contributed by atoms with Gasteiger partial charge in [0.25, 0.3) is 11.5 Å². The van der Waals surface area contributed by atoms with Crippen LogP contribution in [-0.4, -0.2) is 34.1 Å². The Hall–Kier alpha value is -4.27. The summed E-state index contributed by atoms with van der Waals surface area (Å²) in [5, 5.41) is 11.1. The second kappa shape index (κ2) is 9.92. The van der Waals surface area contributed by atoms with Gasteiger partial charge < -0.3 is 15.4 Å². The van der Waals surface area contributed by atoms with Crippen LogP contribution in [0.5, 0.6) is 0 Å². The quantitative estimate of drug-likeness (QED) is 0.545. The number of anilines is 1. The minimum absolute atomic E-state index is 0.0379. The maximum Gasteiger partial charge on any atom is 0.343 e. The molecule has 2 aromatic carbocycles. The lowest BCUT2D eigenvalue weighted by Crippen LogP contribution is -2.37. The Balaban J connectivity index is 1.84. The first kappa shape index (κ1) is 23.9. The van der Waals surface area contributed by atoms with E-state index in [0.29, 0.717) is 34.4 Å². The molecule has 0 atom stereocenters. The number of carbonyl (C=O) groups excluding carboxylic acids is 2. The lowest BCUT2D eigenvalue weighted by molar-refractivity contribution is -0.137. The topological polar surface area (TPSA) is 115 Å². The van der Waals surface area contributed by atoms with Gasteiger partial charge in [0.05, 0.1) is 23.4 Å². The summed E-state index contributed by atoms with van der Waals surface area (Å²) in [5.74, 6) is -1.03. The molecule has 4 rings (SSSR count). The van der Waals surface area contributed by atoms with Crippen molar-refractivity contribution in [3.8, 4) is 0 Å². The van der Waals surface area contributed by atoms with Gasteiger partial charge in [0.1, 0.15) is 11.4 Å². The van der Waals surface area contributed by atoms with Gasteiger partial charge in [-0.2, -0.15) is 5.10 Å². The maximum atomic E-state index is 13.6. The van der Waals surface area contributed by atoms with Crippen molar-refractivity contribution < 1.29 is 14.3 Å². The van der Waals surface area contributed by atoms with Gasteiger partial charge in [-0.15, -0.1) is 0 Å². The number of carbonyl (C=O) groups is 2. The van der Waals surface area contributed by atoms with Gasteiger partial charge >= 0.3 is 5.97 Å². The third-order valence-corrected chi connectivity index (χ3v) is 5.40. The van der Waals surface area contributed by atoms with E-state index >= 15 is 0 Å². The highest BCUT2D eigenvalue weighted by atomic mass is 16.5. The van der Waals surface area contributed by atoms with E-state index in [1.54, 1.807) is 44.2 Å². The maximum absolute atomic E-state index is 13.6. The number of allylic oxidation sites excluding steroid dienone is 1. The first-order valence-electron chi connectivity index (χ1n) is 11.4. The zero-order valence-corrected chi connectivity index (χ0v) is 20.1. The summed E-state index contributed by atoms with van der Waals surface area (Å²) in [4.78, 5) is 43.9. The summed E-state index contributed by atoms with van der Waals surface area (Å²) >= 11 is 0. The zero-order valence-electron chi connectivity index (χ0n) is 20.1. The number of hydrogen-bond acceptors (Lipinski definition) is 7. The zero-order chi connectivity index (χ0) is 25.1. The van der Waals surface area contributed by atoms with Gasteiger partial charge in [-0.05, 0) is 38.0 Å². The summed E-state index contributed by atoms with van der Waals surface area (Å²) in [6.45, 7) is 7.87. The number of para-hydroxylation sites is 2. The number of aromatic nitrogens is 2. The molecule has 0 aliphatic carbocycles. The number of hydrogen-bond donors (Lipinski definition) is 2. The van der Waals surface area contributed by atoms with Crippen molar-refractivity contribution in [1.29, 1.82) is 0 Å². The van der Waals surface area contributed by atoms with Gasteiger partial charge in [0.2, 0.25) is 0 Å². The fourth-order valence-corrected chi connectivity index (χ4v) is 3.88. The van der Waals surface area contributed by atoms with E-state index in [4.69, 9.17) is 4.74 Å². The van der Waals surface area contributed by atoms with Gasteiger partial charge in [-0.3, -0.25) is 9.59 Å². The van der Waals surface area contributed by atoms with E-state index in [2.05, 4.69) is 20.7 Å². The molecule has 0 radical (unpaired) electrons. The lowest BCUT2D eigenvalue weighted by atomic mass is 10.1. The predicted octanol–water partition coefficient (Wildman–Crippen LogP) is 3.78. The fraction of sp³-hybridized carbons (Fsp3) is 0.269. The van der Waals surface area contributed by atoms with Crippen LogP contribution in [0.15, 0.2) is 69.6 Å². The number of nitrogens with one attached hydrogen (secondary N) is 2. The smallest absolute Gasteiger partial charge is 0.343 e. The van der Waals surface area contributed by atoms with E-state index in [1.807, 2.05) is 32.0 Å². The monoisotopic (exact) mass is 473 g/mol. The highest BCUT2D eigenvalue weighted by Gasteiger charge is 2.27. The van der Waals surface area contributed by atoms with Crippen LogP contribution in [-0.2, 0) is 16.1 Å². The van der Waals surface area contributed by atoms with Gasteiger partial charge in [0.15, 0.2) is 5.69 Å². The molecule has 0 saturated carbocycles. The van der Waals surface area contributed by atoms with Crippen LogP contribution in [0.3, 0.4) is 0 Å². The molecule has 0 fully saturated rings. The molecule has 0 saturated heterocycles. The van der Waals surface area contributed by atoms with Crippen molar-refractivity contribution in [2.24, 2.45) is 10.9 Å². The van der Waals surface area contributed by atoms with E-state index in [-0.39, 0.29) is 35.2 Å². The summed E-state index contributed by atoms with van der Waals surface area (Å²) in [5.41, 5.74) is 1.62. The molecule has 1 amide bonds. The largest absolute Gasteiger partial charge is 0.462 e. The molecule has 2 N–H and O–H groups in total. The number of amidine groups is 1. The Kier molecular flexibility index (Phi) is 6.77. The van der Waals surface area contributed by atoms with Gasteiger partial charge in [-0.25, -0.2) is 14.5 Å². The number of esters is 1. The van der Waals surface area contributed by atoms with Crippen LogP contribution in [0.1, 0.15) is 38.2 Å². The number of ether oxygens (including phenoxy) is 1. The van der Waals surface area contributed by atoms with Crippen molar-refractivity contribution in [3.63, 3.8) is 0 Å². The van der Waals surface area contributed by atoms with Crippen LogP contribution in [0.25, 0.3) is 10.8 Å². The van der Waals surface area contributed by atoms with E-state index in [0.717, 1.165) is 0 Å². The van der Waals surface area contributed by atoms with Crippen molar-refractivity contribution in [2.75, 3.05) is 11.9 Å². The first-order chi connectivity index (χ1) is 16.8. The summed E-state index contributed by atoms with van der Waals surface area (Å²) in [6.07, 6.45) is 0. The SMILES string of the molecule is CCOC(=O)C1=C(C)Nc2ccccc2N=C1NC(=O)c1nn(CC(C)C)c(=O)c2ccccc12. The molecule has 9 nitrogen and oxygen atoms in total. The Morgan fingerprint density at radius 1 is 1.09 bits per heavy atom. The third-order valence-electron chi connectivity index (χ3n) is 5.40. The molecular weight excluding hydrogens is 446 g/mol. The molecule has 1 aliphatic heterocycles. The molecule has 35 heavy (non-hydrogen) atoms. The van der Waals surface area contributed by atoms with Crippen LogP contribution in [0.2, 0.25) is 0 Å². The molecule has 2 heterocycles. The first-order valence-corrected chi connectivity index (χ1v) is 11.4. The highest BCUT2D eigenvalue weighted by Crippen LogP contribution is 2.30.